The lowest BCUT2D eigenvalue weighted by molar-refractivity contribution is -0.00956. The van der Waals surface area contributed by atoms with Crippen LogP contribution in [-0.2, 0) is 11.3 Å². The van der Waals surface area contributed by atoms with Crippen LogP contribution in [-0.4, -0.2) is 55.0 Å². The number of hydrogen-bond acceptors (Lipinski definition) is 4. The monoisotopic (exact) mass is 338 g/mol. The fourth-order valence-electron chi connectivity index (χ4n) is 2.66. The molecule has 2 N–H and O–H groups in total. The number of nitrogens with one attached hydrogen (secondary N) is 2. The molecule has 1 fully saturated rings. The SMILES string of the molecule is CC(C)(C)COC1CCCCC1.CNCCN(C)Cc1cn[nH]c1. The second-order valence-corrected chi connectivity index (χ2v) is 8.08. The van der Waals surface area contributed by atoms with E-state index in [1.54, 1.807) is 0 Å². The van der Waals surface area contributed by atoms with Gasteiger partial charge in [-0.3, -0.25) is 5.10 Å². The number of H-pyrrole nitrogens is 1. The van der Waals surface area contributed by atoms with Gasteiger partial charge in [-0.15, -0.1) is 0 Å². The Morgan fingerprint density at radius 2 is 2.00 bits per heavy atom. The van der Waals surface area contributed by atoms with Gasteiger partial charge in [-0.25, -0.2) is 0 Å². The van der Waals surface area contributed by atoms with Crippen molar-refractivity contribution in [3.63, 3.8) is 0 Å². The summed E-state index contributed by atoms with van der Waals surface area (Å²) in [4.78, 5) is 2.25. The van der Waals surface area contributed by atoms with Crippen LogP contribution in [0.25, 0.3) is 0 Å². The van der Waals surface area contributed by atoms with E-state index in [0.717, 1.165) is 26.2 Å². The van der Waals surface area contributed by atoms with Gasteiger partial charge in [-0.2, -0.15) is 5.10 Å². The summed E-state index contributed by atoms with van der Waals surface area (Å²) in [5.74, 6) is 0. The Balaban J connectivity index is 0.000000240. The zero-order valence-electron chi connectivity index (χ0n) is 16.4. The van der Waals surface area contributed by atoms with Gasteiger partial charge in [0, 0.05) is 31.4 Å². The summed E-state index contributed by atoms with van der Waals surface area (Å²) in [5, 5.41) is 9.80. The molecular formula is C19H38N4O. The van der Waals surface area contributed by atoms with Crippen molar-refractivity contribution in [3.8, 4) is 0 Å². The van der Waals surface area contributed by atoms with Crippen molar-refractivity contribution in [3.05, 3.63) is 18.0 Å². The maximum absolute atomic E-state index is 5.85. The largest absolute Gasteiger partial charge is 0.378 e. The van der Waals surface area contributed by atoms with E-state index in [-0.39, 0.29) is 0 Å². The number of rotatable bonds is 7. The number of hydrogen-bond donors (Lipinski definition) is 2. The Hall–Kier alpha value is -0.910. The number of aromatic nitrogens is 2. The number of aromatic amines is 1. The first kappa shape index (κ1) is 21.1. The third-order valence-electron chi connectivity index (χ3n) is 4.06. The Morgan fingerprint density at radius 3 is 2.54 bits per heavy atom. The first-order valence-corrected chi connectivity index (χ1v) is 9.33. The second-order valence-electron chi connectivity index (χ2n) is 8.08. The predicted octanol–water partition coefficient (Wildman–Crippen LogP) is 3.44. The molecule has 0 atom stereocenters. The molecule has 0 unspecified atom stereocenters. The first-order valence-electron chi connectivity index (χ1n) is 9.33. The summed E-state index contributed by atoms with van der Waals surface area (Å²) in [7, 11) is 4.07. The van der Waals surface area contributed by atoms with Crippen LogP contribution >= 0.6 is 0 Å². The van der Waals surface area contributed by atoms with E-state index in [1.807, 2.05) is 19.4 Å². The maximum Gasteiger partial charge on any atom is 0.0575 e. The first-order chi connectivity index (χ1) is 11.4. The van der Waals surface area contributed by atoms with Crippen molar-refractivity contribution in [2.24, 2.45) is 5.41 Å². The lowest BCUT2D eigenvalue weighted by atomic mass is 9.96. The van der Waals surface area contributed by atoms with Gasteiger partial charge >= 0.3 is 0 Å². The summed E-state index contributed by atoms with van der Waals surface area (Å²) in [6.45, 7) is 10.6. The average molecular weight is 339 g/mol. The van der Waals surface area contributed by atoms with E-state index < -0.39 is 0 Å². The summed E-state index contributed by atoms with van der Waals surface area (Å²) in [6.07, 6.45) is 11.1. The van der Waals surface area contributed by atoms with Crippen molar-refractivity contribution in [2.45, 2.75) is 65.5 Å². The molecule has 0 saturated heterocycles. The summed E-state index contributed by atoms with van der Waals surface area (Å²) in [6, 6.07) is 0. The Bertz CT molecular complexity index is 394. The van der Waals surface area contributed by atoms with E-state index in [0.29, 0.717) is 11.5 Å². The highest BCUT2D eigenvalue weighted by molar-refractivity contribution is 5.01. The normalized spacial score (nSPS) is 16.1. The highest BCUT2D eigenvalue weighted by atomic mass is 16.5. The number of ether oxygens (including phenoxy) is 1. The molecule has 0 aromatic carbocycles. The van der Waals surface area contributed by atoms with E-state index in [1.165, 1.54) is 37.7 Å². The van der Waals surface area contributed by atoms with E-state index >= 15 is 0 Å². The van der Waals surface area contributed by atoms with Crippen LogP contribution in [0.15, 0.2) is 12.4 Å². The molecule has 5 nitrogen and oxygen atoms in total. The van der Waals surface area contributed by atoms with E-state index in [2.05, 4.69) is 48.2 Å². The maximum atomic E-state index is 5.85. The second kappa shape index (κ2) is 11.6. The Morgan fingerprint density at radius 1 is 1.29 bits per heavy atom. The molecule has 0 bridgehead atoms. The topological polar surface area (TPSA) is 53.2 Å². The predicted molar refractivity (Wildman–Crippen MR) is 101 cm³/mol. The third kappa shape index (κ3) is 10.8. The summed E-state index contributed by atoms with van der Waals surface area (Å²) in [5.41, 5.74) is 1.56. The summed E-state index contributed by atoms with van der Waals surface area (Å²) < 4.78 is 5.85. The van der Waals surface area contributed by atoms with Gasteiger partial charge in [-0.05, 0) is 32.4 Å². The molecule has 24 heavy (non-hydrogen) atoms. The van der Waals surface area contributed by atoms with Crippen molar-refractivity contribution in [2.75, 3.05) is 33.8 Å². The van der Waals surface area contributed by atoms with Gasteiger partial charge in [0.2, 0.25) is 0 Å². The molecule has 0 aliphatic heterocycles. The molecule has 0 amide bonds. The fourth-order valence-corrected chi connectivity index (χ4v) is 2.66. The molecule has 2 rings (SSSR count). The average Bonchev–Trinajstić information content (AvgIpc) is 3.05. The smallest absolute Gasteiger partial charge is 0.0575 e. The fraction of sp³-hybridized carbons (Fsp3) is 0.842. The van der Waals surface area contributed by atoms with Crippen LogP contribution in [0, 0.1) is 5.41 Å². The molecule has 1 aromatic heterocycles. The van der Waals surface area contributed by atoms with Gasteiger partial charge < -0.3 is 15.0 Å². The minimum absolute atomic E-state index is 0.331. The quantitative estimate of drug-likeness (QED) is 0.799. The minimum Gasteiger partial charge on any atom is -0.378 e. The molecule has 1 saturated carbocycles. The number of nitrogens with zero attached hydrogens (tertiary/aromatic N) is 2. The van der Waals surface area contributed by atoms with Crippen LogP contribution in [0.3, 0.4) is 0 Å². The third-order valence-corrected chi connectivity index (χ3v) is 4.06. The molecule has 5 heteroatoms. The Kier molecular flexibility index (Phi) is 10.2. The van der Waals surface area contributed by atoms with Gasteiger partial charge in [0.1, 0.15) is 0 Å². The van der Waals surface area contributed by atoms with Crippen LogP contribution in [0.5, 0.6) is 0 Å². The zero-order valence-corrected chi connectivity index (χ0v) is 16.4. The molecule has 140 valence electrons. The molecule has 1 aliphatic rings. The lowest BCUT2D eigenvalue weighted by Gasteiger charge is -2.26. The number of likely N-dealkylation sites (N-methyl/N-ethyl adjacent to an activating group) is 2. The van der Waals surface area contributed by atoms with Crippen molar-refractivity contribution in [1.29, 1.82) is 0 Å². The molecule has 0 radical (unpaired) electrons. The van der Waals surface area contributed by atoms with Gasteiger partial charge in [0.05, 0.1) is 18.9 Å². The van der Waals surface area contributed by atoms with Crippen LogP contribution in [0.2, 0.25) is 0 Å². The van der Waals surface area contributed by atoms with Crippen molar-refractivity contribution >= 4 is 0 Å². The van der Waals surface area contributed by atoms with E-state index in [9.17, 15) is 0 Å². The zero-order chi connectivity index (χ0) is 17.8. The van der Waals surface area contributed by atoms with Crippen molar-refractivity contribution < 1.29 is 4.74 Å². The molecule has 0 spiro atoms. The molecular weight excluding hydrogens is 300 g/mol. The standard InChI is InChI=1S/C11H22O.C8H16N4/c1-11(2,3)9-12-10-7-5-4-6-8-10;1-9-3-4-12(2)7-8-5-10-11-6-8/h10H,4-9H2,1-3H3;5-6,9H,3-4,7H2,1-2H3,(H,10,11). The lowest BCUT2D eigenvalue weighted by Crippen LogP contribution is -2.26. The van der Waals surface area contributed by atoms with Gasteiger partial charge in [0.15, 0.2) is 0 Å². The van der Waals surface area contributed by atoms with Gasteiger partial charge in [0.25, 0.3) is 0 Å². The van der Waals surface area contributed by atoms with Crippen LogP contribution < -0.4 is 5.32 Å². The van der Waals surface area contributed by atoms with Crippen molar-refractivity contribution in [1.82, 2.24) is 20.4 Å². The Labute approximate surface area is 148 Å². The highest BCUT2D eigenvalue weighted by Gasteiger charge is 2.17. The summed E-state index contributed by atoms with van der Waals surface area (Å²) >= 11 is 0. The minimum atomic E-state index is 0.331. The molecule has 1 aromatic rings. The van der Waals surface area contributed by atoms with Crippen LogP contribution in [0.4, 0.5) is 0 Å². The van der Waals surface area contributed by atoms with Crippen LogP contribution in [0.1, 0.15) is 58.4 Å². The van der Waals surface area contributed by atoms with Gasteiger partial charge in [-0.1, -0.05) is 40.0 Å². The highest BCUT2D eigenvalue weighted by Crippen LogP contribution is 2.23. The molecule has 1 aliphatic carbocycles. The van der Waals surface area contributed by atoms with E-state index in [4.69, 9.17) is 4.74 Å². The molecule has 1 heterocycles.